The minimum atomic E-state index is -0.878. The third kappa shape index (κ3) is 8.94. The summed E-state index contributed by atoms with van der Waals surface area (Å²) in [5.74, 6) is 0.474. The number of carbonyl (C=O) groups excluding carboxylic acids is 2. The minimum absolute atomic E-state index is 0.187. The molecule has 0 amide bonds. The van der Waals surface area contributed by atoms with Gasteiger partial charge in [0.15, 0.2) is 11.6 Å². The number of hydrogen-bond donors (Lipinski definition) is 0. The molecule has 0 fully saturated rings. The van der Waals surface area contributed by atoms with Crippen LogP contribution in [0.1, 0.15) is 119 Å². The number of ketones is 2. The van der Waals surface area contributed by atoms with Gasteiger partial charge in [0.25, 0.3) is 0 Å². The van der Waals surface area contributed by atoms with E-state index in [1.807, 2.05) is 36.4 Å². The van der Waals surface area contributed by atoms with Crippen molar-refractivity contribution in [2.75, 3.05) is 14.2 Å². The molecule has 4 aliphatic carbocycles. The van der Waals surface area contributed by atoms with Crippen molar-refractivity contribution in [3.05, 3.63) is 302 Å². The monoisotopic (exact) mass is 1310 g/mol. The highest BCUT2D eigenvalue weighted by Crippen LogP contribution is 2.67. The zero-order valence-electron chi connectivity index (χ0n) is 52.3. The van der Waals surface area contributed by atoms with Crippen LogP contribution in [0.3, 0.4) is 0 Å². The second-order valence-electron chi connectivity index (χ2n) is 24.2. The van der Waals surface area contributed by atoms with Gasteiger partial charge in [0.05, 0.1) is 58.1 Å². The molecule has 7 aromatic carbocycles. The molecule has 0 saturated carbocycles. The zero-order chi connectivity index (χ0) is 66.6. The SMILES string of the molecule is COc1cc(/C=C2\C(=O)c3ccc(C#N)cc3C2=C(C#N)C#N)sc1-c1cc2c(s1)-c1cc3c(cc1C2(c1ccc(C)cc1)c1ccc(C)cc1)-c1sc(-c2sc(/C=C4\C(=O)c5ccc(C#N)cc5C4=C(C#N)C#N)cc2OC)cc1C3(c1ccc(C)cc1)c1ccc(C)cc1. The normalized spacial score (nSPS) is 14.7. The number of thiophene rings is 4. The fraction of sp³-hybridized carbons (Fsp3) is 0.0976. The Bertz CT molecular complexity index is 5220. The molecule has 96 heavy (non-hydrogen) atoms. The quantitative estimate of drug-likeness (QED) is 0.0939. The van der Waals surface area contributed by atoms with Crippen molar-refractivity contribution in [3.63, 3.8) is 0 Å². The van der Waals surface area contributed by atoms with E-state index < -0.39 is 10.8 Å². The Labute approximate surface area is 569 Å². The van der Waals surface area contributed by atoms with E-state index >= 15 is 0 Å². The Balaban J connectivity index is 0.972. The molecule has 4 aromatic heterocycles. The highest BCUT2D eigenvalue weighted by molar-refractivity contribution is 7.25. The lowest BCUT2D eigenvalue weighted by Crippen LogP contribution is -2.30. The number of hydrogen-bond acceptors (Lipinski definition) is 14. The lowest BCUT2D eigenvalue weighted by Gasteiger charge is -2.35. The van der Waals surface area contributed by atoms with Crippen molar-refractivity contribution in [1.82, 2.24) is 0 Å². The number of ether oxygens (including phenoxy) is 2. The number of nitriles is 6. The predicted octanol–water partition coefficient (Wildman–Crippen LogP) is 19.1. The second-order valence-corrected chi connectivity index (χ2v) is 28.4. The van der Waals surface area contributed by atoms with Gasteiger partial charge in [-0.15, -0.1) is 45.3 Å². The molecule has 4 aliphatic rings. The van der Waals surface area contributed by atoms with Crippen molar-refractivity contribution in [3.8, 4) is 88.3 Å². The molecule has 0 bridgehead atoms. The van der Waals surface area contributed by atoms with Gasteiger partial charge in [0, 0.05) is 62.7 Å². The topological polar surface area (TPSA) is 195 Å². The van der Waals surface area contributed by atoms with Gasteiger partial charge in [-0.3, -0.25) is 9.59 Å². The van der Waals surface area contributed by atoms with Gasteiger partial charge in [-0.2, -0.15) is 31.6 Å². The second kappa shape index (κ2) is 23.0. The highest BCUT2D eigenvalue weighted by atomic mass is 32.1. The zero-order valence-corrected chi connectivity index (χ0v) is 55.5. The molecule has 15 rings (SSSR count). The molecule has 14 heteroatoms. The first-order chi connectivity index (χ1) is 46.6. The van der Waals surface area contributed by atoms with Crippen molar-refractivity contribution >= 4 is 80.2 Å². The van der Waals surface area contributed by atoms with Gasteiger partial charge < -0.3 is 9.47 Å². The fourth-order valence-electron chi connectivity index (χ4n) is 14.4. The lowest BCUT2D eigenvalue weighted by molar-refractivity contribution is 0.103. The number of nitrogens with zero attached hydrogens (tertiary/aromatic N) is 6. The predicted molar refractivity (Wildman–Crippen MR) is 379 cm³/mol. The average molecular weight is 1310 g/mol. The summed E-state index contributed by atoms with van der Waals surface area (Å²) in [4.78, 5) is 35.8. The number of benzene rings is 7. The highest BCUT2D eigenvalue weighted by Gasteiger charge is 2.53. The Morgan fingerprint density at radius 3 is 1.01 bits per heavy atom. The van der Waals surface area contributed by atoms with Gasteiger partial charge >= 0.3 is 0 Å². The summed E-state index contributed by atoms with van der Waals surface area (Å²) < 4.78 is 12.5. The maximum Gasteiger partial charge on any atom is 0.194 e. The van der Waals surface area contributed by atoms with Crippen LogP contribution in [0.5, 0.6) is 11.5 Å². The van der Waals surface area contributed by atoms with Crippen LogP contribution in [0.2, 0.25) is 0 Å². The first-order valence-corrected chi connectivity index (χ1v) is 33.8. The number of fused-ring (bicyclic) bond motifs is 8. The van der Waals surface area contributed by atoms with Crippen LogP contribution in [0, 0.1) is 95.7 Å². The number of aryl methyl sites for hydroxylation is 4. The van der Waals surface area contributed by atoms with E-state index in [-0.39, 0.29) is 45.0 Å². The third-order valence-electron chi connectivity index (χ3n) is 18.9. The van der Waals surface area contributed by atoms with E-state index in [2.05, 4.69) is 161 Å². The summed E-state index contributed by atoms with van der Waals surface area (Å²) in [6.07, 6.45) is 3.45. The Hall–Kier alpha value is -11.8. The molecule has 0 atom stereocenters. The molecule has 0 radical (unpaired) electrons. The molecule has 0 saturated heterocycles. The minimum Gasteiger partial charge on any atom is -0.495 e. The molecule has 0 spiro atoms. The molecular weight excluding hydrogens is 1260 g/mol. The van der Waals surface area contributed by atoms with E-state index in [1.54, 1.807) is 85.4 Å². The standard InChI is InChI=1S/C82H48N6O4S4/c1-43-7-17-51(18-8-43)81(52-19-9-44(2)10-20-52)65-33-62-66(34-61(65)77-67(81)35-71(95-77)79-69(91-5)31-55(93-79)29-63-73(49(39-85)40-86)59-27-47(37-83)15-25-57(59)75(63)89)82(53-21-11-45(3)12-22-53,54-23-13-46(4)14-24-54)68-36-72(96-78(62)68)80-70(92-6)32-56(94-80)30-64-74(50(41-87)42-88)60-28-48(38-84)16-26-58(60)76(64)90/h7-36H,1-6H3/b63-29-,64-30-. The lowest BCUT2D eigenvalue weighted by atomic mass is 9.65. The van der Waals surface area contributed by atoms with Crippen molar-refractivity contribution < 1.29 is 19.1 Å². The van der Waals surface area contributed by atoms with Crippen LogP contribution >= 0.6 is 45.3 Å². The fourth-order valence-corrected chi connectivity index (χ4v) is 19.3. The molecule has 10 nitrogen and oxygen atoms in total. The Morgan fingerprint density at radius 2 is 0.708 bits per heavy atom. The van der Waals surface area contributed by atoms with Crippen LogP contribution in [0.15, 0.2) is 192 Å². The maximum atomic E-state index is 14.4. The van der Waals surface area contributed by atoms with E-state index in [1.165, 1.54) is 22.7 Å². The average Bonchev–Trinajstić information content (AvgIpc) is 1.46. The van der Waals surface area contributed by atoms with Gasteiger partial charge in [-0.05, 0) is 179 Å². The smallest absolute Gasteiger partial charge is 0.194 e. The number of methoxy groups -OCH3 is 2. The Morgan fingerprint density at radius 1 is 0.375 bits per heavy atom. The van der Waals surface area contributed by atoms with Crippen LogP contribution < -0.4 is 9.47 Å². The van der Waals surface area contributed by atoms with Crippen molar-refractivity contribution in [2.24, 2.45) is 0 Å². The summed E-state index contributed by atoms with van der Waals surface area (Å²) in [6, 6.07) is 70.4. The van der Waals surface area contributed by atoms with E-state index in [0.29, 0.717) is 54.6 Å². The summed E-state index contributed by atoms with van der Waals surface area (Å²) in [5, 5.41) is 60.7. The van der Waals surface area contributed by atoms with E-state index in [9.17, 15) is 41.2 Å². The van der Waals surface area contributed by atoms with Crippen molar-refractivity contribution in [1.29, 1.82) is 31.6 Å². The molecular formula is C82H48N6O4S4. The largest absolute Gasteiger partial charge is 0.495 e. The van der Waals surface area contributed by atoms with Crippen molar-refractivity contribution in [2.45, 2.75) is 38.5 Å². The summed E-state index contributed by atoms with van der Waals surface area (Å²) >= 11 is 6.28. The van der Waals surface area contributed by atoms with Gasteiger partial charge in [0.2, 0.25) is 0 Å². The molecule has 0 N–H and O–H groups in total. The van der Waals surface area contributed by atoms with Crippen LogP contribution in [0.4, 0.5) is 0 Å². The van der Waals surface area contributed by atoms with E-state index in [4.69, 9.17) is 9.47 Å². The number of rotatable bonds is 10. The molecule has 0 aliphatic heterocycles. The first kappa shape index (κ1) is 60.4. The van der Waals surface area contributed by atoms with Gasteiger partial charge in [-0.25, -0.2) is 0 Å². The number of carbonyl (C=O) groups is 2. The summed E-state index contributed by atoms with van der Waals surface area (Å²) in [5.41, 5.74) is 15.9. The van der Waals surface area contributed by atoms with Gasteiger partial charge in [-0.1, -0.05) is 119 Å². The molecule has 0 unspecified atom stereocenters. The number of allylic oxidation sites excluding steroid dienone is 6. The van der Waals surface area contributed by atoms with E-state index in [0.717, 1.165) is 107 Å². The van der Waals surface area contributed by atoms with Crippen LogP contribution in [0.25, 0.3) is 63.7 Å². The van der Waals surface area contributed by atoms with Crippen LogP contribution in [-0.4, -0.2) is 25.8 Å². The molecule has 11 aromatic rings. The first-order valence-electron chi connectivity index (χ1n) is 30.5. The van der Waals surface area contributed by atoms with Gasteiger partial charge in [0.1, 0.15) is 46.9 Å². The third-order valence-corrected chi connectivity index (χ3v) is 23.7. The maximum absolute atomic E-state index is 14.4. The molecule has 454 valence electrons. The summed E-state index contributed by atoms with van der Waals surface area (Å²) in [6.45, 7) is 8.41. The Kier molecular flexibility index (Phi) is 14.5. The summed E-state index contributed by atoms with van der Waals surface area (Å²) in [7, 11) is 3.26. The molecule has 4 heterocycles. The van der Waals surface area contributed by atoms with Crippen LogP contribution in [-0.2, 0) is 10.8 Å². The number of Topliss-reactive ketones (excluding diaryl/α,β-unsaturated/α-hetero) is 2.